The number of unbranched alkanes of at least 4 members (excludes halogenated alkanes) is 10. The third-order valence-corrected chi connectivity index (χ3v) is 11.7. The minimum atomic E-state index is 0.0332. The summed E-state index contributed by atoms with van der Waals surface area (Å²) in [4.78, 5) is 0. The van der Waals surface area contributed by atoms with Crippen molar-refractivity contribution in [2.45, 2.75) is 109 Å². The van der Waals surface area contributed by atoms with E-state index in [-0.39, 0.29) is 5.41 Å². The van der Waals surface area contributed by atoms with Gasteiger partial charge in [0.05, 0.1) is 11.0 Å². The Hall–Kier alpha value is -3.82. The molecule has 0 saturated heterocycles. The fourth-order valence-corrected chi connectivity index (χ4v) is 9.05. The number of nitrogens with one attached hydrogen (secondary N) is 1. The number of rotatable bonds is 17. The summed E-state index contributed by atoms with van der Waals surface area (Å²) in [5.74, 6) is 0. The van der Waals surface area contributed by atoms with E-state index in [1.54, 1.807) is 11.1 Å². The van der Waals surface area contributed by atoms with Gasteiger partial charge < -0.3 is 9.88 Å². The molecule has 0 aliphatic heterocycles. The molecule has 0 spiro atoms. The lowest BCUT2D eigenvalue weighted by Crippen LogP contribution is -2.26. The van der Waals surface area contributed by atoms with E-state index in [1.165, 1.54) is 133 Å². The zero-order chi connectivity index (χ0) is 34.3. The van der Waals surface area contributed by atoms with Crippen molar-refractivity contribution in [2.75, 3.05) is 5.32 Å². The standard InChI is InChI=1S/C47H53BrN2/c1-3-5-7-9-11-18-30-47(31-19-12-10-8-6-4-2)43-32-35(48)24-27-39(43)40-28-26-38(34-44(40)47)50-45-23-17-16-22-41(45)42-33-37(25-29-46(42)50)49-36-20-14-13-15-21-36/h13-17,20-29,32-34,49H,3-12,18-19,30-31H2,1-2H3. The van der Waals surface area contributed by atoms with E-state index in [2.05, 4.69) is 149 Å². The average molecular weight is 726 g/mol. The van der Waals surface area contributed by atoms with E-state index >= 15 is 0 Å². The number of halogens is 1. The lowest BCUT2D eigenvalue weighted by atomic mass is 9.70. The van der Waals surface area contributed by atoms with Gasteiger partial charge in [-0.15, -0.1) is 0 Å². The van der Waals surface area contributed by atoms with E-state index in [9.17, 15) is 0 Å². The number of para-hydroxylation sites is 2. The van der Waals surface area contributed by atoms with E-state index in [0.29, 0.717) is 0 Å². The Kier molecular flexibility index (Phi) is 11.1. The van der Waals surface area contributed by atoms with Crippen LogP contribution in [-0.4, -0.2) is 4.57 Å². The maximum Gasteiger partial charge on any atom is 0.0542 e. The molecule has 1 N–H and O–H groups in total. The van der Waals surface area contributed by atoms with Crippen LogP contribution in [0.1, 0.15) is 115 Å². The fraction of sp³-hybridized carbons (Fsp3) is 0.362. The van der Waals surface area contributed by atoms with Crippen LogP contribution in [0.4, 0.5) is 11.4 Å². The molecule has 0 fully saturated rings. The summed E-state index contributed by atoms with van der Waals surface area (Å²) in [7, 11) is 0. The Bertz CT molecular complexity index is 2020. The summed E-state index contributed by atoms with van der Waals surface area (Å²) in [5, 5.41) is 6.19. The average Bonchev–Trinajstić information content (AvgIpc) is 3.60. The van der Waals surface area contributed by atoms with Gasteiger partial charge in [-0.3, -0.25) is 0 Å². The maximum atomic E-state index is 3.90. The predicted octanol–water partition coefficient (Wildman–Crippen LogP) is 15.1. The van der Waals surface area contributed by atoms with Crippen molar-refractivity contribution in [1.82, 2.24) is 4.57 Å². The number of hydrogen-bond donors (Lipinski definition) is 1. The van der Waals surface area contributed by atoms with Crippen LogP contribution in [0.5, 0.6) is 0 Å². The van der Waals surface area contributed by atoms with Crippen LogP contribution in [0, 0.1) is 0 Å². The molecule has 3 heteroatoms. The minimum Gasteiger partial charge on any atom is -0.356 e. The van der Waals surface area contributed by atoms with Gasteiger partial charge in [-0.25, -0.2) is 0 Å². The van der Waals surface area contributed by atoms with Crippen molar-refractivity contribution in [3.8, 4) is 16.8 Å². The van der Waals surface area contributed by atoms with Crippen LogP contribution in [0.25, 0.3) is 38.6 Å². The third-order valence-electron chi connectivity index (χ3n) is 11.2. The first-order chi connectivity index (χ1) is 24.6. The molecule has 0 bridgehead atoms. The zero-order valence-corrected chi connectivity index (χ0v) is 31.7. The van der Waals surface area contributed by atoms with Crippen LogP contribution in [0.2, 0.25) is 0 Å². The van der Waals surface area contributed by atoms with E-state index < -0.39 is 0 Å². The molecule has 50 heavy (non-hydrogen) atoms. The summed E-state index contributed by atoms with van der Waals surface area (Å²) in [6.07, 6.45) is 18.4. The Morgan fingerprint density at radius 1 is 0.520 bits per heavy atom. The Labute approximate surface area is 308 Å². The number of aromatic nitrogens is 1. The number of fused-ring (bicyclic) bond motifs is 6. The van der Waals surface area contributed by atoms with E-state index in [1.807, 2.05) is 0 Å². The molecule has 7 rings (SSSR count). The monoisotopic (exact) mass is 724 g/mol. The topological polar surface area (TPSA) is 17.0 Å². The van der Waals surface area contributed by atoms with Gasteiger partial charge in [0.15, 0.2) is 0 Å². The highest BCUT2D eigenvalue weighted by molar-refractivity contribution is 9.10. The molecule has 5 aromatic carbocycles. The van der Waals surface area contributed by atoms with Gasteiger partial charge in [0.2, 0.25) is 0 Å². The molecule has 6 aromatic rings. The molecule has 0 atom stereocenters. The normalized spacial score (nSPS) is 13.2. The van der Waals surface area contributed by atoms with Crippen molar-refractivity contribution in [3.05, 3.63) is 125 Å². The number of hydrogen-bond acceptors (Lipinski definition) is 1. The first-order valence-corrected chi connectivity index (χ1v) is 20.2. The van der Waals surface area contributed by atoms with Gasteiger partial charge >= 0.3 is 0 Å². The molecule has 1 aliphatic rings. The van der Waals surface area contributed by atoms with E-state index in [0.717, 1.165) is 11.4 Å². The molecular weight excluding hydrogens is 672 g/mol. The maximum absolute atomic E-state index is 3.90. The summed E-state index contributed by atoms with van der Waals surface area (Å²) >= 11 is 3.90. The van der Waals surface area contributed by atoms with Crippen molar-refractivity contribution in [1.29, 1.82) is 0 Å². The lowest BCUT2D eigenvalue weighted by Gasteiger charge is -2.33. The highest BCUT2D eigenvalue weighted by atomic mass is 79.9. The van der Waals surface area contributed by atoms with Crippen molar-refractivity contribution in [2.24, 2.45) is 0 Å². The molecule has 2 nitrogen and oxygen atoms in total. The van der Waals surface area contributed by atoms with Gasteiger partial charge in [-0.05, 0) is 95.8 Å². The van der Waals surface area contributed by atoms with Gasteiger partial charge in [-0.2, -0.15) is 0 Å². The summed E-state index contributed by atoms with van der Waals surface area (Å²) in [6.45, 7) is 4.63. The van der Waals surface area contributed by atoms with Crippen molar-refractivity contribution in [3.63, 3.8) is 0 Å². The SMILES string of the molecule is CCCCCCCCC1(CCCCCCCC)c2cc(Br)ccc2-c2ccc(-n3c4ccccc4c4cc(Nc5ccccc5)ccc43)cc21. The summed E-state index contributed by atoms with van der Waals surface area (Å²) < 4.78 is 3.71. The predicted molar refractivity (Wildman–Crippen MR) is 220 cm³/mol. The Balaban J connectivity index is 1.31. The van der Waals surface area contributed by atoms with Crippen molar-refractivity contribution >= 4 is 49.1 Å². The van der Waals surface area contributed by atoms with Gasteiger partial charge in [0, 0.05) is 37.7 Å². The highest BCUT2D eigenvalue weighted by Gasteiger charge is 2.42. The summed E-state index contributed by atoms with van der Waals surface area (Å²) in [5.41, 5.74) is 12.0. The van der Waals surface area contributed by atoms with Crippen LogP contribution in [-0.2, 0) is 5.41 Å². The molecule has 0 saturated carbocycles. The quantitative estimate of drug-likeness (QED) is 0.0927. The molecule has 1 heterocycles. The number of nitrogens with zero attached hydrogens (tertiary/aromatic N) is 1. The van der Waals surface area contributed by atoms with Crippen LogP contribution >= 0.6 is 15.9 Å². The van der Waals surface area contributed by atoms with Gasteiger partial charge in [0.1, 0.15) is 0 Å². The molecule has 0 unspecified atom stereocenters. The van der Waals surface area contributed by atoms with E-state index in [4.69, 9.17) is 0 Å². The number of benzene rings is 5. The first kappa shape index (κ1) is 34.6. The van der Waals surface area contributed by atoms with Crippen molar-refractivity contribution < 1.29 is 0 Å². The Morgan fingerprint density at radius 2 is 1.12 bits per heavy atom. The van der Waals surface area contributed by atoms with Crippen LogP contribution in [0.15, 0.2) is 114 Å². The second kappa shape index (κ2) is 16.0. The fourth-order valence-electron chi connectivity index (χ4n) is 8.69. The van der Waals surface area contributed by atoms with Crippen LogP contribution < -0.4 is 5.32 Å². The Morgan fingerprint density at radius 3 is 1.84 bits per heavy atom. The summed E-state index contributed by atoms with van der Waals surface area (Å²) in [6, 6.07) is 40.7. The first-order valence-electron chi connectivity index (χ1n) is 19.4. The van der Waals surface area contributed by atoms with Gasteiger partial charge in [0.25, 0.3) is 0 Å². The molecule has 1 aromatic heterocycles. The molecule has 258 valence electrons. The number of anilines is 2. The second-order valence-electron chi connectivity index (χ2n) is 14.6. The molecule has 1 aliphatic carbocycles. The van der Waals surface area contributed by atoms with Gasteiger partial charge in [-0.1, -0.05) is 155 Å². The highest BCUT2D eigenvalue weighted by Crippen LogP contribution is 2.55. The second-order valence-corrected chi connectivity index (χ2v) is 15.5. The third kappa shape index (κ3) is 7.04. The zero-order valence-electron chi connectivity index (χ0n) is 30.1. The van der Waals surface area contributed by atoms with Crippen LogP contribution in [0.3, 0.4) is 0 Å². The minimum absolute atomic E-state index is 0.0332. The largest absolute Gasteiger partial charge is 0.356 e. The molecular formula is C47H53BrN2. The molecule has 0 radical (unpaired) electrons. The molecule has 0 amide bonds. The lowest BCUT2D eigenvalue weighted by molar-refractivity contribution is 0.397. The smallest absolute Gasteiger partial charge is 0.0542 e.